The third-order valence-corrected chi connectivity index (χ3v) is 4.54. The number of methoxy groups -OCH3 is 1. The maximum atomic E-state index is 12.6. The van der Waals surface area contributed by atoms with Gasteiger partial charge in [0, 0.05) is 38.3 Å². The van der Waals surface area contributed by atoms with Crippen molar-refractivity contribution in [2.45, 2.75) is 39.0 Å². The standard InChI is InChI=1S/C20H31F3N4O2/c1-4-24-19(26-17-7-8-27(13-17)14-20(21,22)23)25-12-16-6-5-15(2)11-18(16)29-10-9-28-3/h5-6,11,17H,4,7-10,12-14H2,1-3H3,(H2,24,25,26). The monoisotopic (exact) mass is 416 g/mol. The second kappa shape index (κ2) is 11.3. The molecular weight excluding hydrogens is 385 g/mol. The zero-order valence-electron chi connectivity index (χ0n) is 17.3. The number of rotatable bonds is 9. The van der Waals surface area contributed by atoms with Gasteiger partial charge in [-0.1, -0.05) is 12.1 Å². The summed E-state index contributed by atoms with van der Waals surface area (Å²) in [6, 6.07) is 5.88. The SMILES string of the molecule is CCNC(=NCc1ccc(C)cc1OCCOC)NC1CCN(CC(F)(F)F)C1. The molecule has 29 heavy (non-hydrogen) atoms. The average molecular weight is 416 g/mol. The lowest BCUT2D eigenvalue weighted by Crippen LogP contribution is -2.45. The van der Waals surface area contributed by atoms with Gasteiger partial charge in [-0.3, -0.25) is 4.90 Å². The molecule has 164 valence electrons. The van der Waals surface area contributed by atoms with Gasteiger partial charge in [0.2, 0.25) is 0 Å². The fourth-order valence-electron chi connectivity index (χ4n) is 3.19. The predicted octanol–water partition coefficient (Wildman–Crippen LogP) is 2.71. The summed E-state index contributed by atoms with van der Waals surface area (Å²) in [5.41, 5.74) is 2.03. The van der Waals surface area contributed by atoms with E-state index in [4.69, 9.17) is 9.47 Å². The van der Waals surface area contributed by atoms with Crippen LogP contribution in [-0.4, -0.2) is 69.6 Å². The molecule has 2 rings (SSSR count). The largest absolute Gasteiger partial charge is 0.491 e. The number of likely N-dealkylation sites (tertiary alicyclic amines) is 1. The number of guanidine groups is 1. The molecule has 0 saturated carbocycles. The summed E-state index contributed by atoms with van der Waals surface area (Å²) in [5, 5.41) is 6.42. The number of ether oxygens (including phenoxy) is 2. The van der Waals surface area contributed by atoms with E-state index in [2.05, 4.69) is 15.6 Å². The zero-order chi connectivity index (χ0) is 21.3. The minimum absolute atomic E-state index is 0.0643. The van der Waals surface area contributed by atoms with Crippen LogP contribution in [0.2, 0.25) is 0 Å². The van der Waals surface area contributed by atoms with Crippen LogP contribution >= 0.6 is 0 Å². The van der Waals surface area contributed by atoms with Crippen molar-refractivity contribution in [3.05, 3.63) is 29.3 Å². The number of nitrogens with one attached hydrogen (secondary N) is 2. The molecule has 0 bridgehead atoms. The molecule has 1 aliphatic heterocycles. The van der Waals surface area contributed by atoms with E-state index in [1.165, 1.54) is 4.90 Å². The lowest BCUT2D eigenvalue weighted by molar-refractivity contribution is -0.143. The van der Waals surface area contributed by atoms with Gasteiger partial charge in [0.25, 0.3) is 0 Å². The molecule has 9 heteroatoms. The molecule has 2 N–H and O–H groups in total. The number of hydrogen-bond donors (Lipinski definition) is 2. The van der Waals surface area contributed by atoms with E-state index in [0.29, 0.717) is 51.8 Å². The Labute approximate surface area is 170 Å². The third-order valence-electron chi connectivity index (χ3n) is 4.54. The summed E-state index contributed by atoms with van der Waals surface area (Å²) in [4.78, 5) is 6.03. The molecule has 1 aliphatic rings. The molecule has 1 aromatic rings. The van der Waals surface area contributed by atoms with Crippen LogP contribution in [0, 0.1) is 6.92 Å². The van der Waals surface area contributed by atoms with Crippen LogP contribution in [0.1, 0.15) is 24.5 Å². The lowest BCUT2D eigenvalue weighted by atomic mass is 10.1. The second-order valence-electron chi connectivity index (χ2n) is 7.13. The first-order chi connectivity index (χ1) is 13.8. The van der Waals surface area contributed by atoms with Crippen LogP contribution in [0.15, 0.2) is 23.2 Å². The van der Waals surface area contributed by atoms with E-state index in [1.807, 2.05) is 32.0 Å². The molecule has 6 nitrogen and oxygen atoms in total. The molecular formula is C20H31F3N4O2. The van der Waals surface area contributed by atoms with Crippen LogP contribution in [0.5, 0.6) is 5.75 Å². The minimum Gasteiger partial charge on any atom is -0.491 e. The molecule has 1 saturated heterocycles. The molecule has 0 aromatic heterocycles. The first kappa shape index (κ1) is 23.3. The third kappa shape index (κ3) is 8.49. The summed E-state index contributed by atoms with van der Waals surface area (Å²) in [6.07, 6.45) is -3.52. The van der Waals surface area contributed by atoms with Gasteiger partial charge in [-0.25, -0.2) is 4.99 Å². The first-order valence-electron chi connectivity index (χ1n) is 9.86. The Bertz CT molecular complexity index is 668. The zero-order valence-corrected chi connectivity index (χ0v) is 17.3. The fraction of sp³-hybridized carbons (Fsp3) is 0.650. The molecule has 1 unspecified atom stereocenters. The molecule has 0 radical (unpaired) electrons. The Balaban J connectivity index is 1.99. The predicted molar refractivity (Wildman–Crippen MR) is 107 cm³/mol. The molecule has 0 aliphatic carbocycles. The van der Waals surface area contributed by atoms with E-state index >= 15 is 0 Å². The van der Waals surface area contributed by atoms with Gasteiger partial charge < -0.3 is 20.1 Å². The second-order valence-corrected chi connectivity index (χ2v) is 7.13. The Kier molecular flexibility index (Phi) is 9.03. The molecule has 1 atom stereocenters. The molecule has 0 amide bonds. The number of aryl methyl sites for hydroxylation is 1. The van der Waals surface area contributed by atoms with Crippen molar-refractivity contribution in [1.29, 1.82) is 0 Å². The fourth-order valence-corrected chi connectivity index (χ4v) is 3.19. The van der Waals surface area contributed by atoms with E-state index < -0.39 is 12.7 Å². The summed E-state index contributed by atoms with van der Waals surface area (Å²) >= 11 is 0. The lowest BCUT2D eigenvalue weighted by Gasteiger charge is -2.20. The maximum Gasteiger partial charge on any atom is 0.401 e. The number of nitrogens with zero attached hydrogens (tertiary/aromatic N) is 2. The Morgan fingerprint density at radius 2 is 2.10 bits per heavy atom. The topological polar surface area (TPSA) is 58.1 Å². The highest BCUT2D eigenvalue weighted by Gasteiger charge is 2.34. The van der Waals surface area contributed by atoms with Gasteiger partial charge in [-0.15, -0.1) is 0 Å². The van der Waals surface area contributed by atoms with Gasteiger partial charge in [-0.05, 0) is 31.9 Å². The number of halogens is 3. The van der Waals surface area contributed by atoms with Gasteiger partial charge in [0.05, 0.1) is 19.7 Å². The van der Waals surface area contributed by atoms with Crippen molar-refractivity contribution in [1.82, 2.24) is 15.5 Å². The molecule has 1 fully saturated rings. The highest BCUT2D eigenvalue weighted by atomic mass is 19.4. The van der Waals surface area contributed by atoms with Crippen LogP contribution in [-0.2, 0) is 11.3 Å². The van der Waals surface area contributed by atoms with E-state index in [9.17, 15) is 13.2 Å². The average Bonchev–Trinajstić information content (AvgIpc) is 3.06. The Morgan fingerprint density at radius 3 is 2.79 bits per heavy atom. The maximum absolute atomic E-state index is 12.6. The van der Waals surface area contributed by atoms with Crippen molar-refractivity contribution in [3.8, 4) is 5.75 Å². The van der Waals surface area contributed by atoms with Crippen molar-refractivity contribution in [3.63, 3.8) is 0 Å². The van der Waals surface area contributed by atoms with Gasteiger partial charge in [0.1, 0.15) is 12.4 Å². The van der Waals surface area contributed by atoms with E-state index in [0.717, 1.165) is 16.9 Å². The van der Waals surface area contributed by atoms with Crippen LogP contribution in [0.4, 0.5) is 13.2 Å². The summed E-state index contributed by atoms with van der Waals surface area (Å²) < 4.78 is 48.6. The van der Waals surface area contributed by atoms with Gasteiger partial charge in [-0.2, -0.15) is 13.2 Å². The summed E-state index contributed by atoms with van der Waals surface area (Å²) in [5.74, 6) is 1.36. The Morgan fingerprint density at radius 1 is 1.31 bits per heavy atom. The van der Waals surface area contributed by atoms with Crippen LogP contribution in [0.25, 0.3) is 0 Å². The van der Waals surface area contributed by atoms with Crippen molar-refractivity contribution >= 4 is 5.96 Å². The van der Waals surface area contributed by atoms with E-state index in [-0.39, 0.29) is 6.04 Å². The smallest absolute Gasteiger partial charge is 0.401 e. The van der Waals surface area contributed by atoms with Crippen LogP contribution < -0.4 is 15.4 Å². The molecule has 0 spiro atoms. The first-order valence-corrected chi connectivity index (χ1v) is 9.86. The van der Waals surface area contributed by atoms with E-state index in [1.54, 1.807) is 7.11 Å². The van der Waals surface area contributed by atoms with Crippen molar-refractivity contribution in [2.75, 3.05) is 46.5 Å². The summed E-state index contributed by atoms with van der Waals surface area (Å²) in [6.45, 7) is 5.85. The number of benzene rings is 1. The Hall–Kier alpha value is -2.00. The highest BCUT2D eigenvalue weighted by molar-refractivity contribution is 5.80. The van der Waals surface area contributed by atoms with Crippen molar-refractivity contribution < 1.29 is 22.6 Å². The normalized spacial score (nSPS) is 18.1. The summed E-state index contributed by atoms with van der Waals surface area (Å²) in [7, 11) is 1.62. The van der Waals surface area contributed by atoms with Crippen molar-refractivity contribution in [2.24, 2.45) is 4.99 Å². The number of hydrogen-bond acceptors (Lipinski definition) is 4. The molecule has 1 heterocycles. The highest BCUT2D eigenvalue weighted by Crippen LogP contribution is 2.22. The molecule has 1 aromatic carbocycles. The van der Waals surface area contributed by atoms with Gasteiger partial charge in [0.15, 0.2) is 5.96 Å². The quantitative estimate of drug-likeness (QED) is 0.368. The minimum atomic E-state index is -4.17. The number of aliphatic imine (C=N–C) groups is 1. The van der Waals surface area contributed by atoms with Gasteiger partial charge >= 0.3 is 6.18 Å². The van der Waals surface area contributed by atoms with Crippen LogP contribution in [0.3, 0.4) is 0 Å². The number of alkyl halides is 3.